The summed E-state index contributed by atoms with van der Waals surface area (Å²) in [5.74, 6) is -0.772. The Morgan fingerprint density at radius 3 is 0.976 bits per heavy atom. The molecule has 4 N–H and O–H groups in total. The minimum Gasteiger partial charge on any atom is -1.00 e. The van der Waals surface area contributed by atoms with E-state index < -0.39 is 0 Å². The molecule has 0 unspecified atom stereocenters. The number of carbonyl (C=O) groups is 3. The van der Waals surface area contributed by atoms with E-state index in [0.29, 0.717) is 72.6 Å². The van der Waals surface area contributed by atoms with Gasteiger partial charge in [0.2, 0.25) is 0 Å². The van der Waals surface area contributed by atoms with Gasteiger partial charge in [-0.15, -0.1) is 0 Å². The van der Waals surface area contributed by atoms with E-state index in [0.717, 1.165) is 4.90 Å². The highest BCUT2D eigenvalue weighted by molar-refractivity contribution is 5.95. The summed E-state index contributed by atoms with van der Waals surface area (Å²) in [6, 6.07) is 25.1. The number of halogens is 1. The standard InChI is InChI=1S/C30H27N7O3.BrH/c31-19-22-1-7-25(8-2-22)28(38)34-13-16-37(17-14-35-29(39)26-9-3-23(20-32)4-10-26)18-15-36-30(40)27-11-5-24(21-33)6-12-27;/h1-12H,13-18H2,(H,34,38)(H,35,39)(H,36,40);1H. The zero-order valence-corrected chi connectivity index (χ0v) is 23.7. The lowest BCUT2D eigenvalue weighted by atomic mass is 10.1. The molecule has 0 heterocycles. The molecule has 0 aliphatic heterocycles. The number of carbonyl (C=O) groups excluding carboxylic acids is 3. The van der Waals surface area contributed by atoms with Gasteiger partial charge in [-0.05, 0) is 72.8 Å². The third kappa shape index (κ3) is 10.2. The Morgan fingerprint density at radius 2 is 0.756 bits per heavy atom. The van der Waals surface area contributed by atoms with Crippen molar-refractivity contribution in [1.82, 2.24) is 16.0 Å². The summed E-state index contributed by atoms with van der Waals surface area (Å²) in [5, 5.41) is 35.4. The van der Waals surface area contributed by atoms with Gasteiger partial charge < -0.3 is 37.8 Å². The largest absolute Gasteiger partial charge is 1.00 e. The lowest BCUT2D eigenvalue weighted by Gasteiger charge is -2.20. The molecule has 0 spiro atoms. The summed E-state index contributed by atoms with van der Waals surface area (Å²) >= 11 is 0. The monoisotopic (exact) mass is 613 g/mol. The fraction of sp³-hybridized carbons (Fsp3) is 0.200. The van der Waals surface area contributed by atoms with E-state index in [1.165, 1.54) is 0 Å². The second kappa shape index (κ2) is 16.8. The predicted octanol–water partition coefficient (Wildman–Crippen LogP) is -2.22. The van der Waals surface area contributed by atoms with Crippen LogP contribution < -0.4 is 37.8 Å². The van der Waals surface area contributed by atoms with Crippen LogP contribution in [0.1, 0.15) is 47.8 Å². The molecular formula is C30H28BrN7O3. The van der Waals surface area contributed by atoms with Crippen molar-refractivity contribution >= 4 is 17.7 Å². The zero-order chi connectivity index (χ0) is 28.7. The topological polar surface area (TPSA) is 163 Å². The van der Waals surface area contributed by atoms with Gasteiger partial charge in [0, 0.05) is 16.7 Å². The van der Waals surface area contributed by atoms with Crippen molar-refractivity contribution in [2.45, 2.75) is 0 Å². The van der Waals surface area contributed by atoms with Gasteiger partial charge >= 0.3 is 0 Å². The van der Waals surface area contributed by atoms with E-state index in [9.17, 15) is 14.4 Å². The van der Waals surface area contributed by atoms with E-state index in [1.807, 2.05) is 18.2 Å². The highest BCUT2D eigenvalue weighted by Gasteiger charge is 2.13. The number of hydrogen-bond donors (Lipinski definition) is 4. The summed E-state index contributed by atoms with van der Waals surface area (Å²) < 4.78 is 0. The lowest BCUT2D eigenvalue weighted by molar-refractivity contribution is -0.896. The average molecular weight is 615 g/mol. The van der Waals surface area contributed by atoms with Crippen LogP contribution in [0, 0.1) is 34.0 Å². The smallest absolute Gasteiger partial charge is 0.251 e. The minimum atomic E-state index is -0.257. The molecule has 10 nitrogen and oxygen atoms in total. The maximum atomic E-state index is 12.5. The molecule has 11 heteroatoms. The fourth-order valence-electron chi connectivity index (χ4n) is 3.83. The number of nitrogens with zero attached hydrogens (tertiary/aromatic N) is 3. The first-order valence-corrected chi connectivity index (χ1v) is 12.6. The molecule has 0 bridgehead atoms. The molecule has 208 valence electrons. The Labute approximate surface area is 249 Å². The van der Waals surface area contributed by atoms with Crippen molar-refractivity contribution < 1.29 is 36.3 Å². The molecule has 0 fully saturated rings. The van der Waals surface area contributed by atoms with Gasteiger partial charge in [0.15, 0.2) is 0 Å². The number of rotatable bonds is 12. The van der Waals surface area contributed by atoms with E-state index in [2.05, 4.69) is 16.0 Å². The maximum Gasteiger partial charge on any atom is 0.251 e. The highest BCUT2D eigenvalue weighted by Crippen LogP contribution is 2.04. The van der Waals surface area contributed by atoms with Crippen LogP contribution in [0.25, 0.3) is 0 Å². The normalized spacial score (nSPS) is 9.80. The summed E-state index contributed by atoms with van der Waals surface area (Å²) in [6.45, 7) is 2.72. The van der Waals surface area contributed by atoms with Gasteiger partial charge in [-0.25, -0.2) is 0 Å². The summed E-state index contributed by atoms with van der Waals surface area (Å²) in [5.41, 5.74) is 2.76. The van der Waals surface area contributed by atoms with Crippen LogP contribution >= 0.6 is 0 Å². The first-order valence-electron chi connectivity index (χ1n) is 12.6. The number of amides is 3. The van der Waals surface area contributed by atoms with Crippen molar-refractivity contribution in [2.24, 2.45) is 0 Å². The van der Waals surface area contributed by atoms with Gasteiger partial charge in [0.25, 0.3) is 17.7 Å². The quantitative estimate of drug-likeness (QED) is 0.181. The third-order valence-electron chi connectivity index (χ3n) is 6.12. The van der Waals surface area contributed by atoms with Gasteiger partial charge in [0.1, 0.15) is 0 Å². The van der Waals surface area contributed by atoms with Crippen LogP contribution in [0.3, 0.4) is 0 Å². The molecule has 3 rings (SSSR count). The highest BCUT2D eigenvalue weighted by atomic mass is 79.9. The first kappa shape index (κ1) is 32.2. The Morgan fingerprint density at radius 1 is 0.512 bits per heavy atom. The lowest BCUT2D eigenvalue weighted by Crippen LogP contribution is -3.14. The van der Waals surface area contributed by atoms with Crippen molar-refractivity contribution in [3.05, 3.63) is 106 Å². The molecular weight excluding hydrogens is 586 g/mol. The molecule has 0 atom stereocenters. The van der Waals surface area contributed by atoms with E-state index in [-0.39, 0.29) is 34.7 Å². The van der Waals surface area contributed by atoms with Gasteiger partial charge in [-0.2, -0.15) is 15.8 Å². The van der Waals surface area contributed by atoms with E-state index in [1.54, 1.807) is 72.8 Å². The van der Waals surface area contributed by atoms with Gasteiger partial charge in [-0.1, -0.05) is 0 Å². The summed E-state index contributed by atoms with van der Waals surface area (Å²) in [6.07, 6.45) is 0. The number of quaternary nitrogens is 1. The molecule has 41 heavy (non-hydrogen) atoms. The number of nitrogens with one attached hydrogen (secondary N) is 4. The third-order valence-corrected chi connectivity index (χ3v) is 6.12. The predicted molar refractivity (Wildman–Crippen MR) is 146 cm³/mol. The molecule has 0 aliphatic rings. The molecule has 0 aliphatic carbocycles. The zero-order valence-electron chi connectivity index (χ0n) is 22.1. The number of benzene rings is 3. The van der Waals surface area contributed by atoms with Crippen LogP contribution in [0.15, 0.2) is 72.8 Å². The van der Waals surface area contributed by atoms with Gasteiger partial charge in [-0.3, -0.25) is 14.4 Å². The molecule has 0 saturated heterocycles. The van der Waals surface area contributed by atoms with Crippen LogP contribution in [0.4, 0.5) is 0 Å². The Bertz CT molecular complexity index is 1270. The van der Waals surface area contributed by atoms with E-state index in [4.69, 9.17) is 15.8 Å². The van der Waals surface area contributed by atoms with Gasteiger partial charge in [0.05, 0.1) is 74.2 Å². The number of nitriles is 3. The van der Waals surface area contributed by atoms with Crippen LogP contribution in [0.2, 0.25) is 0 Å². The van der Waals surface area contributed by atoms with Crippen LogP contribution in [-0.2, 0) is 0 Å². The summed E-state index contributed by atoms with van der Waals surface area (Å²) in [7, 11) is 0. The molecule has 3 aromatic rings. The average Bonchev–Trinajstić information content (AvgIpc) is 3.00. The molecule has 0 aromatic heterocycles. The first-order chi connectivity index (χ1) is 19.4. The van der Waals surface area contributed by atoms with Crippen molar-refractivity contribution in [3.63, 3.8) is 0 Å². The Balaban J connectivity index is 0.00000588. The molecule has 3 aromatic carbocycles. The number of hydrogen-bond acceptors (Lipinski definition) is 6. The minimum absolute atomic E-state index is 0. The van der Waals surface area contributed by atoms with Crippen LogP contribution in [-0.4, -0.2) is 57.0 Å². The molecule has 0 radical (unpaired) electrons. The Kier molecular flexibility index (Phi) is 13.2. The van der Waals surface area contributed by atoms with Crippen LogP contribution in [0.5, 0.6) is 0 Å². The molecule has 0 saturated carbocycles. The van der Waals surface area contributed by atoms with Crippen molar-refractivity contribution in [3.8, 4) is 18.2 Å². The second-order valence-electron chi connectivity index (χ2n) is 8.84. The summed E-state index contributed by atoms with van der Waals surface area (Å²) in [4.78, 5) is 38.5. The van der Waals surface area contributed by atoms with Crippen molar-refractivity contribution in [1.29, 1.82) is 15.8 Å². The van der Waals surface area contributed by atoms with E-state index >= 15 is 0 Å². The second-order valence-corrected chi connectivity index (χ2v) is 8.84. The molecule has 3 amide bonds. The Hall–Kier alpha value is -5.02. The maximum absolute atomic E-state index is 12.5. The SMILES string of the molecule is N#Cc1ccc(C(=O)NCC[NH+](CCNC(=O)c2ccc(C#N)cc2)CCNC(=O)c2ccc(C#N)cc2)cc1.[Br-]. The fourth-order valence-corrected chi connectivity index (χ4v) is 3.83. The van der Waals surface area contributed by atoms with Crippen molar-refractivity contribution in [2.75, 3.05) is 39.3 Å².